The molecule has 1 heterocycles. The van der Waals surface area contributed by atoms with Crippen LogP contribution in [0.4, 0.5) is 0 Å². The molecule has 21 heavy (non-hydrogen) atoms. The molecular formula is C17H32N2O2. The topological polar surface area (TPSA) is 41.6 Å². The van der Waals surface area contributed by atoms with Crippen molar-refractivity contribution >= 4 is 5.91 Å². The number of carbonyl (C=O) groups is 1. The highest BCUT2D eigenvalue weighted by atomic mass is 16.5. The maximum absolute atomic E-state index is 11.9. The van der Waals surface area contributed by atoms with Gasteiger partial charge in [-0.15, -0.1) is 0 Å². The Bertz CT molecular complexity index is 303. The summed E-state index contributed by atoms with van der Waals surface area (Å²) < 4.78 is 5.87. The first kappa shape index (κ1) is 16.8. The lowest BCUT2D eigenvalue weighted by Gasteiger charge is -2.30. The molecule has 1 saturated heterocycles. The van der Waals surface area contributed by atoms with Gasteiger partial charge in [-0.3, -0.25) is 9.69 Å². The van der Waals surface area contributed by atoms with Gasteiger partial charge in [-0.1, -0.05) is 26.2 Å². The molecule has 0 aromatic rings. The van der Waals surface area contributed by atoms with E-state index in [1.165, 1.54) is 44.9 Å². The van der Waals surface area contributed by atoms with E-state index in [4.69, 9.17) is 4.74 Å². The first-order valence-corrected chi connectivity index (χ1v) is 8.84. The molecule has 0 aromatic heterocycles. The standard InChI is InChI=1S/C17H32N2O2/c1-15-7-5-11-19(13-15)14-17(20)18-10-6-12-21-16-8-3-2-4-9-16/h15-16H,2-14H2,1H3,(H,18,20). The van der Waals surface area contributed by atoms with Crippen molar-refractivity contribution in [1.29, 1.82) is 0 Å². The summed E-state index contributed by atoms with van der Waals surface area (Å²) in [5.41, 5.74) is 0. The molecule has 1 amide bonds. The van der Waals surface area contributed by atoms with Crippen molar-refractivity contribution in [1.82, 2.24) is 10.2 Å². The van der Waals surface area contributed by atoms with Crippen LogP contribution in [-0.4, -0.2) is 49.7 Å². The van der Waals surface area contributed by atoms with Crippen LogP contribution in [0.2, 0.25) is 0 Å². The second-order valence-electron chi connectivity index (χ2n) is 6.82. The zero-order chi connectivity index (χ0) is 14.9. The number of nitrogens with one attached hydrogen (secondary N) is 1. The third-order valence-electron chi connectivity index (χ3n) is 4.66. The normalized spacial score (nSPS) is 24.9. The van der Waals surface area contributed by atoms with E-state index >= 15 is 0 Å². The van der Waals surface area contributed by atoms with Gasteiger partial charge in [0, 0.05) is 19.7 Å². The van der Waals surface area contributed by atoms with E-state index in [1.807, 2.05) is 0 Å². The van der Waals surface area contributed by atoms with Gasteiger partial charge in [0.25, 0.3) is 0 Å². The highest BCUT2D eigenvalue weighted by Gasteiger charge is 2.18. The predicted molar refractivity (Wildman–Crippen MR) is 85.3 cm³/mol. The predicted octanol–water partition coefficient (Wildman–Crippen LogP) is 2.57. The summed E-state index contributed by atoms with van der Waals surface area (Å²) in [6.07, 6.45) is 10.4. The largest absolute Gasteiger partial charge is 0.378 e. The summed E-state index contributed by atoms with van der Waals surface area (Å²) in [6, 6.07) is 0. The zero-order valence-electron chi connectivity index (χ0n) is 13.6. The fourth-order valence-electron chi connectivity index (χ4n) is 3.47. The molecule has 1 N–H and O–H groups in total. The lowest BCUT2D eigenvalue weighted by Crippen LogP contribution is -2.42. The monoisotopic (exact) mass is 296 g/mol. The fourth-order valence-corrected chi connectivity index (χ4v) is 3.47. The average Bonchev–Trinajstić information content (AvgIpc) is 2.48. The van der Waals surface area contributed by atoms with E-state index in [2.05, 4.69) is 17.1 Å². The van der Waals surface area contributed by atoms with Gasteiger partial charge in [-0.05, 0) is 44.6 Å². The lowest BCUT2D eigenvalue weighted by molar-refractivity contribution is -0.122. The van der Waals surface area contributed by atoms with Gasteiger partial charge in [-0.2, -0.15) is 0 Å². The van der Waals surface area contributed by atoms with Gasteiger partial charge in [0.2, 0.25) is 5.91 Å². The number of carbonyl (C=O) groups excluding carboxylic acids is 1. The lowest BCUT2D eigenvalue weighted by atomic mass is 9.98. The van der Waals surface area contributed by atoms with E-state index in [1.54, 1.807) is 0 Å². The number of nitrogens with zero attached hydrogens (tertiary/aromatic N) is 1. The van der Waals surface area contributed by atoms with E-state index in [0.717, 1.165) is 38.6 Å². The van der Waals surface area contributed by atoms with Crippen molar-refractivity contribution in [2.75, 3.05) is 32.8 Å². The molecule has 2 aliphatic rings. The molecule has 1 atom stereocenters. The molecule has 4 heteroatoms. The molecular weight excluding hydrogens is 264 g/mol. The van der Waals surface area contributed by atoms with Crippen molar-refractivity contribution in [2.24, 2.45) is 5.92 Å². The van der Waals surface area contributed by atoms with Crippen molar-refractivity contribution in [3.05, 3.63) is 0 Å². The number of ether oxygens (including phenoxy) is 1. The molecule has 0 bridgehead atoms. The summed E-state index contributed by atoms with van der Waals surface area (Å²) in [7, 11) is 0. The van der Waals surface area contributed by atoms with Gasteiger partial charge in [0.15, 0.2) is 0 Å². The SMILES string of the molecule is CC1CCCN(CC(=O)NCCCOC2CCCCC2)C1. The van der Waals surface area contributed by atoms with Crippen LogP contribution in [0.3, 0.4) is 0 Å². The maximum atomic E-state index is 11.9. The smallest absolute Gasteiger partial charge is 0.234 e. The summed E-state index contributed by atoms with van der Waals surface area (Å²) >= 11 is 0. The number of hydrogen-bond acceptors (Lipinski definition) is 3. The number of rotatable bonds is 7. The van der Waals surface area contributed by atoms with Crippen LogP contribution in [0.15, 0.2) is 0 Å². The van der Waals surface area contributed by atoms with Gasteiger partial charge < -0.3 is 10.1 Å². The quantitative estimate of drug-likeness (QED) is 0.734. The fraction of sp³-hybridized carbons (Fsp3) is 0.941. The number of piperidine rings is 1. The molecule has 0 spiro atoms. The van der Waals surface area contributed by atoms with Crippen LogP contribution in [-0.2, 0) is 9.53 Å². The van der Waals surface area contributed by atoms with Crippen LogP contribution < -0.4 is 5.32 Å². The minimum atomic E-state index is 0.168. The third kappa shape index (κ3) is 6.79. The third-order valence-corrected chi connectivity index (χ3v) is 4.66. The molecule has 4 nitrogen and oxygen atoms in total. The molecule has 0 radical (unpaired) electrons. The Hall–Kier alpha value is -0.610. The molecule has 2 fully saturated rings. The van der Waals surface area contributed by atoms with E-state index in [-0.39, 0.29) is 5.91 Å². The number of hydrogen-bond donors (Lipinski definition) is 1. The van der Waals surface area contributed by atoms with E-state index < -0.39 is 0 Å². The van der Waals surface area contributed by atoms with Crippen LogP contribution in [0.1, 0.15) is 58.3 Å². The van der Waals surface area contributed by atoms with Crippen LogP contribution >= 0.6 is 0 Å². The minimum Gasteiger partial charge on any atom is -0.378 e. The second-order valence-corrected chi connectivity index (χ2v) is 6.82. The minimum absolute atomic E-state index is 0.168. The zero-order valence-corrected chi connectivity index (χ0v) is 13.6. The molecule has 1 aliphatic heterocycles. The van der Waals surface area contributed by atoms with Crippen molar-refractivity contribution < 1.29 is 9.53 Å². The molecule has 1 saturated carbocycles. The summed E-state index contributed by atoms with van der Waals surface area (Å²) in [6.45, 7) is 6.50. The van der Waals surface area contributed by atoms with Gasteiger partial charge >= 0.3 is 0 Å². The van der Waals surface area contributed by atoms with E-state index in [0.29, 0.717) is 12.6 Å². The van der Waals surface area contributed by atoms with Crippen molar-refractivity contribution in [3.8, 4) is 0 Å². The van der Waals surface area contributed by atoms with Crippen LogP contribution in [0, 0.1) is 5.92 Å². The Morgan fingerprint density at radius 3 is 2.76 bits per heavy atom. The van der Waals surface area contributed by atoms with Gasteiger partial charge in [0.1, 0.15) is 0 Å². The first-order chi connectivity index (χ1) is 10.2. The van der Waals surface area contributed by atoms with Crippen LogP contribution in [0.25, 0.3) is 0 Å². The molecule has 1 aliphatic carbocycles. The Labute approximate surface area is 129 Å². The van der Waals surface area contributed by atoms with E-state index in [9.17, 15) is 4.79 Å². The highest BCUT2D eigenvalue weighted by Crippen LogP contribution is 2.20. The highest BCUT2D eigenvalue weighted by molar-refractivity contribution is 5.77. The van der Waals surface area contributed by atoms with Crippen LogP contribution in [0.5, 0.6) is 0 Å². The average molecular weight is 296 g/mol. The van der Waals surface area contributed by atoms with Gasteiger partial charge in [0.05, 0.1) is 12.6 Å². The van der Waals surface area contributed by atoms with Gasteiger partial charge in [-0.25, -0.2) is 0 Å². The Morgan fingerprint density at radius 2 is 2.00 bits per heavy atom. The molecule has 1 unspecified atom stereocenters. The second kappa shape index (κ2) is 9.42. The summed E-state index contributed by atoms with van der Waals surface area (Å²) in [5.74, 6) is 0.900. The Morgan fingerprint density at radius 1 is 1.19 bits per heavy atom. The van der Waals surface area contributed by atoms with Crippen molar-refractivity contribution in [3.63, 3.8) is 0 Å². The number of amides is 1. The summed E-state index contributed by atoms with van der Waals surface area (Å²) in [4.78, 5) is 14.2. The molecule has 0 aromatic carbocycles. The summed E-state index contributed by atoms with van der Waals surface area (Å²) in [5, 5.41) is 3.02. The number of likely N-dealkylation sites (tertiary alicyclic amines) is 1. The first-order valence-electron chi connectivity index (χ1n) is 8.84. The Kier molecular flexibility index (Phi) is 7.51. The molecule has 122 valence electrons. The van der Waals surface area contributed by atoms with Crippen molar-refractivity contribution in [2.45, 2.75) is 64.4 Å². The maximum Gasteiger partial charge on any atom is 0.234 e. The molecule has 2 rings (SSSR count). The Balaban J connectivity index is 1.47.